The van der Waals surface area contributed by atoms with Crippen molar-refractivity contribution in [3.63, 3.8) is 0 Å². The highest BCUT2D eigenvalue weighted by Crippen LogP contribution is 2.39. The van der Waals surface area contributed by atoms with Crippen LogP contribution in [0.1, 0.15) is 16.8 Å². The zero-order valence-corrected chi connectivity index (χ0v) is 10.1. The normalized spacial score (nSPS) is 11.5. The quantitative estimate of drug-likeness (QED) is 0.397. The molecule has 0 aromatic heterocycles. The molecule has 0 aliphatic heterocycles. The summed E-state index contributed by atoms with van der Waals surface area (Å²) in [4.78, 5) is 11.4. The number of carbonyl (C=O) groups excluding carboxylic acids is 1. The van der Waals surface area contributed by atoms with Crippen LogP contribution in [0.15, 0.2) is 23.1 Å². The molecule has 1 aromatic rings. The molecule has 0 radical (unpaired) electrons. The first-order valence-corrected chi connectivity index (χ1v) is 5.93. The minimum atomic E-state index is -4.44. The molecular weight excluding hydrogens is 275 g/mol. The third-order valence-corrected chi connectivity index (χ3v) is 2.85. The average Bonchev–Trinajstić information content (AvgIpc) is 2.19. The van der Waals surface area contributed by atoms with E-state index in [4.69, 9.17) is 17.3 Å². The molecule has 0 bridgehead atoms. The minimum absolute atomic E-state index is 0.0174. The van der Waals surface area contributed by atoms with Crippen LogP contribution in [-0.4, -0.2) is 17.2 Å². The molecule has 0 fully saturated rings. The molecule has 2 nitrogen and oxygen atoms in total. The number of nitrogen functional groups attached to an aromatic ring is 1. The van der Waals surface area contributed by atoms with Gasteiger partial charge in [-0.25, -0.2) is 0 Å². The Labute approximate surface area is 105 Å². The maximum absolute atomic E-state index is 12.3. The van der Waals surface area contributed by atoms with Crippen molar-refractivity contribution in [3.05, 3.63) is 23.8 Å². The summed E-state index contributed by atoms with van der Waals surface area (Å²) in [6, 6.07) is 3.75. The number of anilines is 1. The first kappa shape index (κ1) is 14.2. The lowest BCUT2D eigenvalue weighted by Gasteiger charge is -2.10. The Morgan fingerprint density at radius 3 is 2.59 bits per heavy atom. The molecule has 7 heteroatoms. The third kappa shape index (κ3) is 4.47. The van der Waals surface area contributed by atoms with Crippen molar-refractivity contribution in [2.45, 2.75) is 16.8 Å². The van der Waals surface area contributed by atoms with Crippen LogP contribution < -0.4 is 5.73 Å². The van der Waals surface area contributed by atoms with Crippen molar-refractivity contribution in [2.75, 3.05) is 11.6 Å². The van der Waals surface area contributed by atoms with Gasteiger partial charge in [0.15, 0.2) is 5.78 Å². The number of thioether (sulfide) groups is 1. The van der Waals surface area contributed by atoms with Gasteiger partial charge in [-0.1, -0.05) is 0 Å². The fraction of sp³-hybridized carbons (Fsp3) is 0.300. The van der Waals surface area contributed by atoms with Gasteiger partial charge in [0.2, 0.25) is 0 Å². The fourth-order valence-corrected chi connectivity index (χ4v) is 2.04. The van der Waals surface area contributed by atoms with E-state index in [1.54, 1.807) is 0 Å². The summed E-state index contributed by atoms with van der Waals surface area (Å²) in [6.45, 7) is 0. The molecule has 0 saturated carbocycles. The number of hydrogen-bond donors (Lipinski definition) is 1. The fourth-order valence-electron chi connectivity index (χ4n) is 1.20. The maximum atomic E-state index is 12.3. The number of alkyl halides is 4. The van der Waals surface area contributed by atoms with E-state index in [0.29, 0.717) is 0 Å². The highest BCUT2D eigenvalue weighted by molar-refractivity contribution is 8.00. The maximum Gasteiger partial charge on any atom is 0.446 e. The molecule has 17 heavy (non-hydrogen) atoms. The summed E-state index contributed by atoms with van der Waals surface area (Å²) in [7, 11) is 0. The van der Waals surface area contributed by atoms with Crippen LogP contribution in [0, 0.1) is 0 Å². The standard InChI is InChI=1S/C10H9ClF3NOS/c11-4-3-8(16)7-5-6(15)1-2-9(7)17-10(12,13)14/h1-2,5H,3-4,15H2. The van der Waals surface area contributed by atoms with Crippen molar-refractivity contribution in [3.8, 4) is 0 Å². The van der Waals surface area contributed by atoms with Crippen LogP contribution in [-0.2, 0) is 0 Å². The van der Waals surface area contributed by atoms with E-state index in [9.17, 15) is 18.0 Å². The highest BCUT2D eigenvalue weighted by Gasteiger charge is 2.31. The number of benzene rings is 1. The lowest BCUT2D eigenvalue weighted by atomic mass is 10.1. The second-order valence-electron chi connectivity index (χ2n) is 3.17. The molecule has 0 spiro atoms. The number of rotatable bonds is 4. The number of Topliss-reactive ketones (excluding diaryl/α,β-unsaturated/α-hetero) is 1. The highest BCUT2D eigenvalue weighted by atomic mass is 35.5. The number of ketones is 1. The van der Waals surface area contributed by atoms with Gasteiger partial charge in [-0.3, -0.25) is 4.79 Å². The molecule has 2 N–H and O–H groups in total. The van der Waals surface area contributed by atoms with Crippen LogP contribution in [0.4, 0.5) is 18.9 Å². The Morgan fingerprint density at radius 1 is 1.41 bits per heavy atom. The van der Waals surface area contributed by atoms with Gasteiger partial charge in [0.25, 0.3) is 0 Å². The van der Waals surface area contributed by atoms with Gasteiger partial charge >= 0.3 is 5.51 Å². The van der Waals surface area contributed by atoms with Crippen molar-refractivity contribution >= 4 is 34.8 Å². The van der Waals surface area contributed by atoms with Crippen LogP contribution >= 0.6 is 23.4 Å². The predicted octanol–water partition coefficient (Wildman–Crippen LogP) is 3.69. The zero-order valence-electron chi connectivity index (χ0n) is 8.55. The van der Waals surface area contributed by atoms with Gasteiger partial charge in [-0.05, 0) is 30.0 Å². The lowest BCUT2D eigenvalue weighted by molar-refractivity contribution is -0.0328. The smallest absolute Gasteiger partial charge is 0.399 e. The Bertz CT molecular complexity index is 423. The molecule has 0 aliphatic rings. The Balaban J connectivity index is 3.08. The lowest BCUT2D eigenvalue weighted by Crippen LogP contribution is -2.06. The van der Waals surface area contributed by atoms with E-state index in [1.807, 2.05) is 0 Å². The zero-order chi connectivity index (χ0) is 13.1. The summed E-state index contributed by atoms with van der Waals surface area (Å²) >= 11 is 5.06. The van der Waals surface area contributed by atoms with Gasteiger partial charge in [-0.15, -0.1) is 11.6 Å². The van der Waals surface area contributed by atoms with Gasteiger partial charge < -0.3 is 5.73 Å². The molecule has 0 atom stereocenters. The average molecular weight is 284 g/mol. The van der Waals surface area contributed by atoms with Gasteiger partial charge in [0.1, 0.15) is 0 Å². The minimum Gasteiger partial charge on any atom is -0.399 e. The van der Waals surface area contributed by atoms with E-state index >= 15 is 0 Å². The number of hydrogen-bond acceptors (Lipinski definition) is 3. The predicted molar refractivity (Wildman–Crippen MR) is 62.4 cm³/mol. The van der Waals surface area contributed by atoms with E-state index < -0.39 is 11.3 Å². The second-order valence-corrected chi connectivity index (χ2v) is 4.65. The van der Waals surface area contributed by atoms with Gasteiger partial charge in [0, 0.05) is 28.4 Å². The molecule has 0 aliphatic carbocycles. The Hall–Kier alpha value is -0.880. The van der Waals surface area contributed by atoms with Crippen molar-refractivity contribution in [1.82, 2.24) is 0 Å². The molecule has 0 heterocycles. The SMILES string of the molecule is Nc1ccc(SC(F)(F)F)c(C(=O)CCCl)c1. The topological polar surface area (TPSA) is 43.1 Å². The van der Waals surface area contributed by atoms with Gasteiger partial charge in [0.05, 0.1) is 0 Å². The Morgan fingerprint density at radius 2 is 2.06 bits per heavy atom. The van der Waals surface area contributed by atoms with Crippen LogP contribution in [0.3, 0.4) is 0 Å². The molecule has 1 aromatic carbocycles. The van der Waals surface area contributed by atoms with E-state index in [0.717, 1.165) is 0 Å². The monoisotopic (exact) mass is 283 g/mol. The van der Waals surface area contributed by atoms with Crippen LogP contribution in [0.25, 0.3) is 0 Å². The molecule has 1 rings (SSSR count). The van der Waals surface area contributed by atoms with E-state index in [2.05, 4.69) is 0 Å². The van der Waals surface area contributed by atoms with Crippen molar-refractivity contribution in [2.24, 2.45) is 0 Å². The largest absolute Gasteiger partial charge is 0.446 e. The summed E-state index contributed by atoms with van der Waals surface area (Å²) < 4.78 is 36.8. The molecular formula is C10H9ClF3NOS. The second kappa shape index (κ2) is 5.64. The van der Waals surface area contributed by atoms with Gasteiger partial charge in [-0.2, -0.15) is 13.2 Å². The number of carbonyl (C=O) groups is 1. The number of halogens is 4. The van der Waals surface area contributed by atoms with E-state index in [1.165, 1.54) is 18.2 Å². The summed E-state index contributed by atoms with van der Waals surface area (Å²) in [5.74, 6) is -0.386. The molecule has 94 valence electrons. The van der Waals surface area contributed by atoms with E-state index in [-0.39, 0.29) is 40.2 Å². The summed E-state index contributed by atoms with van der Waals surface area (Å²) in [5, 5.41) is 0. The first-order chi connectivity index (χ1) is 7.83. The summed E-state index contributed by atoms with van der Waals surface area (Å²) in [6.07, 6.45) is -0.0174. The van der Waals surface area contributed by atoms with Crippen molar-refractivity contribution < 1.29 is 18.0 Å². The van der Waals surface area contributed by atoms with Crippen LogP contribution in [0.5, 0.6) is 0 Å². The van der Waals surface area contributed by atoms with Crippen molar-refractivity contribution in [1.29, 1.82) is 0 Å². The molecule has 0 saturated heterocycles. The number of nitrogens with two attached hydrogens (primary N) is 1. The first-order valence-electron chi connectivity index (χ1n) is 4.58. The summed E-state index contributed by atoms with van der Waals surface area (Å²) in [5.41, 5.74) is 1.22. The molecule has 0 amide bonds. The van der Waals surface area contributed by atoms with Crippen LogP contribution in [0.2, 0.25) is 0 Å². The Kier molecular flexibility index (Phi) is 4.70. The molecule has 0 unspecified atom stereocenters. The third-order valence-electron chi connectivity index (χ3n) is 1.85.